The Morgan fingerprint density at radius 2 is 2.04 bits per heavy atom. The van der Waals surface area contributed by atoms with E-state index in [4.69, 9.17) is 0 Å². The number of benzene rings is 1. The zero-order valence-corrected chi connectivity index (χ0v) is 16.9. The number of carbonyl (C=O) groups is 1. The summed E-state index contributed by atoms with van der Waals surface area (Å²) in [5.74, 6) is 1.46. The molecule has 4 rings (SSSR count). The predicted octanol–water partition coefficient (Wildman–Crippen LogP) is 3.69. The maximum atomic E-state index is 11.7. The average molecular weight is 427 g/mol. The van der Waals surface area contributed by atoms with Crippen LogP contribution in [-0.4, -0.2) is 32.2 Å². The van der Waals surface area contributed by atoms with Crippen LogP contribution in [0.15, 0.2) is 35.1 Å². The molecule has 0 unspecified atom stereocenters. The number of halogens is 1. The summed E-state index contributed by atoms with van der Waals surface area (Å²) in [6.07, 6.45) is 2.38. The highest BCUT2D eigenvalue weighted by Crippen LogP contribution is 2.31. The van der Waals surface area contributed by atoms with Crippen LogP contribution >= 0.6 is 15.9 Å². The zero-order chi connectivity index (χ0) is 19.1. The number of carbonyl (C=O) groups excluding carboxylic acids is 1. The van der Waals surface area contributed by atoms with E-state index in [0.29, 0.717) is 11.6 Å². The summed E-state index contributed by atoms with van der Waals surface area (Å²) in [4.78, 5) is 22.2. The molecule has 0 fully saturated rings. The Morgan fingerprint density at radius 1 is 1.22 bits per heavy atom. The molecule has 1 aliphatic heterocycles. The molecule has 0 saturated heterocycles. The molecule has 8 heteroatoms. The molecule has 1 amide bonds. The summed E-state index contributed by atoms with van der Waals surface area (Å²) >= 11 is 3.54. The number of rotatable bonds is 3. The molecule has 0 bridgehead atoms. The van der Waals surface area contributed by atoms with Crippen molar-refractivity contribution in [2.45, 2.75) is 27.2 Å². The van der Waals surface area contributed by atoms with E-state index in [1.54, 1.807) is 11.6 Å². The molecule has 3 heterocycles. The van der Waals surface area contributed by atoms with Crippen LogP contribution in [0.25, 0.3) is 5.82 Å². The smallest absolute Gasteiger partial charge is 0.223 e. The second-order valence-corrected chi connectivity index (χ2v) is 7.34. The third-order valence-electron chi connectivity index (χ3n) is 4.70. The number of nitrogens with one attached hydrogen (secondary N) is 1. The van der Waals surface area contributed by atoms with E-state index in [1.807, 2.05) is 36.9 Å². The van der Waals surface area contributed by atoms with Gasteiger partial charge in [0, 0.05) is 30.9 Å². The normalized spacial score (nSPS) is 13.0. The summed E-state index contributed by atoms with van der Waals surface area (Å²) in [6, 6.07) is 7.87. The molecule has 3 aromatic rings. The number of aryl methyl sites for hydroxylation is 1. The fourth-order valence-corrected chi connectivity index (χ4v) is 3.58. The van der Waals surface area contributed by atoms with E-state index in [-0.39, 0.29) is 5.91 Å². The maximum Gasteiger partial charge on any atom is 0.223 e. The molecule has 138 valence electrons. The Morgan fingerprint density at radius 3 is 2.74 bits per heavy atom. The van der Waals surface area contributed by atoms with E-state index < -0.39 is 0 Å². The molecule has 0 aliphatic carbocycles. The third-order valence-corrected chi connectivity index (χ3v) is 5.85. The summed E-state index contributed by atoms with van der Waals surface area (Å²) in [5, 5.41) is 7.84. The minimum Gasteiger partial charge on any atom is -0.340 e. The van der Waals surface area contributed by atoms with Crippen LogP contribution in [0.5, 0.6) is 0 Å². The van der Waals surface area contributed by atoms with Crippen LogP contribution in [0.1, 0.15) is 23.9 Å². The molecule has 0 saturated carbocycles. The molecule has 0 atom stereocenters. The van der Waals surface area contributed by atoms with Crippen LogP contribution in [0.2, 0.25) is 0 Å². The standard InChI is InChI=1S/C19H19BrN6O/c1-11-19(20)12(2)26(24-11)18-9-17(21-10-22-18)23-15-4-5-16-14(8-15)6-7-25(16)13(3)27/h4-5,8-10H,6-7H2,1-3H3,(H,21,22,23). The van der Waals surface area contributed by atoms with Gasteiger partial charge in [0.05, 0.1) is 15.9 Å². The average Bonchev–Trinajstić information content (AvgIpc) is 3.18. The fourth-order valence-electron chi connectivity index (χ4n) is 3.33. The number of hydrogen-bond donors (Lipinski definition) is 1. The number of fused-ring (bicyclic) bond motifs is 1. The highest BCUT2D eigenvalue weighted by atomic mass is 79.9. The van der Waals surface area contributed by atoms with Gasteiger partial charge in [-0.15, -0.1) is 0 Å². The quantitative estimate of drug-likeness (QED) is 0.690. The number of aromatic nitrogens is 4. The molecule has 1 aromatic carbocycles. The van der Waals surface area contributed by atoms with Crippen molar-refractivity contribution < 1.29 is 4.79 Å². The Bertz CT molecular complexity index is 1040. The van der Waals surface area contributed by atoms with Gasteiger partial charge in [-0.2, -0.15) is 5.10 Å². The molecule has 1 N–H and O–H groups in total. The summed E-state index contributed by atoms with van der Waals surface area (Å²) in [6.45, 7) is 6.27. The highest BCUT2D eigenvalue weighted by molar-refractivity contribution is 9.10. The summed E-state index contributed by atoms with van der Waals surface area (Å²) < 4.78 is 2.77. The molecule has 27 heavy (non-hydrogen) atoms. The van der Waals surface area contributed by atoms with Crippen molar-refractivity contribution in [1.29, 1.82) is 0 Å². The first-order valence-electron chi connectivity index (χ1n) is 8.66. The van der Waals surface area contributed by atoms with Crippen molar-refractivity contribution in [2.75, 3.05) is 16.8 Å². The molecular formula is C19H19BrN6O. The molecule has 0 radical (unpaired) electrons. The monoisotopic (exact) mass is 426 g/mol. The van der Waals surface area contributed by atoms with Crippen molar-refractivity contribution in [3.05, 3.63) is 52.0 Å². The maximum absolute atomic E-state index is 11.7. The first kappa shape index (κ1) is 17.7. The van der Waals surface area contributed by atoms with Gasteiger partial charge < -0.3 is 10.2 Å². The molecule has 2 aromatic heterocycles. The first-order valence-corrected chi connectivity index (χ1v) is 9.45. The van der Waals surface area contributed by atoms with Gasteiger partial charge >= 0.3 is 0 Å². The second kappa shape index (κ2) is 6.77. The van der Waals surface area contributed by atoms with E-state index in [1.165, 1.54) is 6.33 Å². The van der Waals surface area contributed by atoms with E-state index in [0.717, 1.165) is 45.8 Å². The van der Waals surface area contributed by atoms with Gasteiger partial charge in [-0.3, -0.25) is 4.79 Å². The SMILES string of the molecule is CC(=O)N1CCc2cc(Nc3cc(-n4nc(C)c(Br)c4C)ncn3)ccc21. The Kier molecular flexibility index (Phi) is 4.43. The molecule has 0 spiro atoms. The van der Waals surface area contributed by atoms with Gasteiger partial charge in [-0.1, -0.05) is 0 Å². The van der Waals surface area contributed by atoms with Gasteiger partial charge in [0.15, 0.2) is 5.82 Å². The lowest BCUT2D eigenvalue weighted by Gasteiger charge is -2.15. The molecular weight excluding hydrogens is 408 g/mol. The highest BCUT2D eigenvalue weighted by Gasteiger charge is 2.22. The number of hydrogen-bond acceptors (Lipinski definition) is 5. The fraction of sp³-hybridized carbons (Fsp3) is 0.263. The van der Waals surface area contributed by atoms with Gasteiger partial charge in [-0.25, -0.2) is 14.6 Å². The molecule has 1 aliphatic rings. The van der Waals surface area contributed by atoms with Crippen LogP contribution in [0.4, 0.5) is 17.2 Å². The van der Waals surface area contributed by atoms with Gasteiger partial charge in [-0.05, 0) is 60.0 Å². The van der Waals surface area contributed by atoms with Crippen LogP contribution in [0, 0.1) is 13.8 Å². The second-order valence-electron chi connectivity index (χ2n) is 6.55. The predicted molar refractivity (Wildman–Crippen MR) is 108 cm³/mol. The minimum atomic E-state index is 0.0750. The number of nitrogens with zero attached hydrogens (tertiary/aromatic N) is 5. The Hall–Kier alpha value is -2.74. The van der Waals surface area contributed by atoms with Crippen molar-refractivity contribution in [3.8, 4) is 5.82 Å². The van der Waals surface area contributed by atoms with Crippen molar-refractivity contribution >= 4 is 39.0 Å². The Labute approximate surface area is 165 Å². The van der Waals surface area contributed by atoms with Crippen molar-refractivity contribution in [3.63, 3.8) is 0 Å². The van der Waals surface area contributed by atoms with Crippen molar-refractivity contribution in [1.82, 2.24) is 19.7 Å². The third kappa shape index (κ3) is 3.21. The van der Waals surface area contributed by atoms with E-state index in [2.05, 4.69) is 42.4 Å². The van der Waals surface area contributed by atoms with Gasteiger partial charge in [0.1, 0.15) is 12.1 Å². The lowest BCUT2D eigenvalue weighted by Crippen LogP contribution is -2.25. The Balaban J connectivity index is 1.61. The van der Waals surface area contributed by atoms with Gasteiger partial charge in [0.2, 0.25) is 5.91 Å². The minimum absolute atomic E-state index is 0.0750. The topological polar surface area (TPSA) is 75.9 Å². The lowest BCUT2D eigenvalue weighted by molar-refractivity contribution is -0.116. The van der Waals surface area contributed by atoms with Crippen molar-refractivity contribution in [2.24, 2.45) is 0 Å². The first-order chi connectivity index (χ1) is 12.9. The zero-order valence-electron chi connectivity index (χ0n) is 15.3. The van der Waals surface area contributed by atoms with Crippen LogP contribution in [-0.2, 0) is 11.2 Å². The summed E-state index contributed by atoms with van der Waals surface area (Å²) in [7, 11) is 0. The largest absolute Gasteiger partial charge is 0.340 e. The van der Waals surface area contributed by atoms with E-state index in [9.17, 15) is 4.79 Å². The van der Waals surface area contributed by atoms with E-state index >= 15 is 0 Å². The van der Waals surface area contributed by atoms with Crippen LogP contribution < -0.4 is 10.2 Å². The lowest BCUT2D eigenvalue weighted by atomic mass is 10.1. The van der Waals surface area contributed by atoms with Gasteiger partial charge in [0.25, 0.3) is 0 Å². The summed E-state index contributed by atoms with van der Waals surface area (Å²) in [5.41, 5.74) is 4.97. The molecule has 7 nitrogen and oxygen atoms in total. The van der Waals surface area contributed by atoms with Crippen LogP contribution in [0.3, 0.4) is 0 Å². The number of anilines is 3. The number of amides is 1.